The van der Waals surface area contributed by atoms with Crippen LogP contribution in [0.5, 0.6) is 11.5 Å². The van der Waals surface area contributed by atoms with E-state index in [4.69, 9.17) is 4.74 Å². The van der Waals surface area contributed by atoms with Crippen LogP contribution in [0.15, 0.2) is 24.3 Å². The van der Waals surface area contributed by atoms with Crippen LogP contribution in [0.2, 0.25) is 0 Å². The van der Waals surface area contributed by atoms with Crippen LogP contribution >= 0.6 is 0 Å². The van der Waals surface area contributed by atoms with Crippen LogP contribution in [-0.2, 0) is 4.79 Å². The predicted molar refractivity (Wildman–Crippen MR) is 99.1 cm³/mol. The average molecular weight is 380 g/mol. The van der Waals surface area contributed by atoms with Gasteiger partial charge in [0.1, 0.15) is 0 Å². The number of piperazine rings is 1. The van der Waals surface area contributed by atoms with Crippen LogP contribution < -0.4 is 9.47 Å². The molecule has 7 heteroatoms. The number of hydrogen-bond donors (Lipinski definition) is 0. The number of halogens is 2. The summed E-state index contributed by atoms with van der Waals surface area (Å²) < 4.78 is 35.0. The minimum absolute atomic E-state index is 0.0647. The van der Waals surface area contributed by atoms with Gasteiger partial charge in [0.25, 0.3) is 0 Å². The number of nitrogens with zero attached hydrogens (tertiary/aromatic N) is 2. The van der Waals surface area contributed by atoms with Crippen LogP contribution in [0.1, 0.15) is 31.2 Å². The molecule has 0 bridgehead atoms. The first-order chi connectivity index (χ1) is 13.1. The summed E-state index contributed by atoms with van der Waals surface area (Å²) in [6.45, 7) is 0.204. The van der Waals surface area contributed by atoms with Gasteiger partial charge in [-0.1, -0.05) is 25.0 Å². The molecule has 148 valence electrons. The second kappa shape index (κ2) is 9.17. The molecule has 27 heavy (non-hydrogen) atoms. The van der Waals surface area contributed by atoms with Gasteiger partial charge in [0.2, 0.25) is 5.91 Å². The Bertz CT molecular complexity index is 667. The Kier molecular flexibility index (Phi) is 6.66. The van der Waals surface area contributed by atoms with Crippen molar-refractivity contribution in [3.05, 3.63) is 29.8 Å². The molecule has 1 saturated heterocycles. The molecule has 3 rings (SSSR count). The fourth-order valence-corrected chi connectivity index (χ4v) is 3.88. The Morgan fingerprint density at radius 1 is 1.19 bits per heavy atom. The Labute approximate surface area is 158 Å². The molecule has 0 N–H and O–H groups in total. The van der Waals surface area contributed by atoms with Crippen molar-refractivity contribution in [1.29, 1.82) is 0 Å². The maximum absolute atomic E-state index is 12.7. The third-order valence-electron chi connectivity index (χ3n) is 5.31. The van der Waals surface area contributed by atoms with Gasteiger partial charge in [0.15, 0.2) is 11.5 Å². The van der Waals surface area contributed by atoms with Gasteiger partial charge in [0.05, 0.1) is 7.11 Å². The van der Waals surface area contributed by atoms with Crippen molar-refractivity contribution in [3.63, 3.8) is 0 Å². The minimum atomic E-state index is -2.96. The lowest BCUT2D eigenvalue weighted by atomic mass is 10.1. The van der Waals surface area contributed by atoms with Crippen molar-refractivity contribution in [3.8, 4) is 11.5 Å². The number of amides is 1. The number of alkyl halides is 2. The first-order valence-electron chi connectivity index (χ1n) is 9.41. The second-order valence-corrected chi connectivity index (χ2v) is 6.89. The third kappa shape index (κ3) is 4.97. The van der Waals surface area contributed by atoms with E-state index in [9.17, 15) is 13.6 Å². The zero-order chi connectivity index (χ0) is 19.2. The molecule has 2 aliphatic rings. The van der Waals surface area contributed by atoms with E-state index in [2.05, 4.69) is 9.64 Å². The van der Waals surface area contributed by atoms with Gasteiger partial charge < -0.3 is 14.4 Å². The molecule has 0 spiro atoms. The molecule has 1 aliphatic carbocycles. The number of para-hydroxylation sites is 1. The molecule has 0 radical (unpaired) electrons. The molecule has 0 atom stereocenters. The molecule has 1 aliphatic heterocycles. The van der Waals surface area contributed by atoms with Crippen molar-refractivity contribution in [2.24, 2.45) is 0 Å². The highest BCUT2D eigenvalue weighted by molar-refractivity contribution is 5.92. The summed E-state index contributed by atoms with van der Waals surface area (Å²) in [7, 11) is 1.39. The van der Waals surface area contributed by atoms with Crippen molar-refractivity contribution in [2.45, 2.75) is 38.3 Å². The summed E-state index contributed by atoms with van der Waals surface area (Å²) in [5.74, 6) is 0.0204. The van der Waals surface area contributed by atoms with Crippen LogP contribution in [0.4, 0.5) is 8.78 Å². The van der Waals surface area contributed by atoms with Crippen molar-refractivity contribution < 1.29 is 23.0 Å². The molecule has 1 amide bonds. The molecule has 1 heterocycles. The van der Waals surface area contributed by atoms with E-state index >= 15 is 0 Å². The Balaban J connectivity index is 1.62. The molecular weight excluding hydrogens is 354 g/mol. The Hall–Kier alpha value is -2.15. The number of rotatable bonds is 6. The van der Waals surface area contributed by atoms with Gasteiger partial charge in [-0.2, -0.15) is 8.78 Å². The molecule has 1 saturated carbocycles. The largest absolute Gasteiger partial charge is 0.493 e. The van der Waals surface area contributed by atoms with Crippen molar-refractivity contribution in [1.82, 2.24) is 9.80 Å². The van der Waals surface area contributed by atoms with E-state index in [1.165, 1.54) is 44.9 Å². The number of methoxy groups -OCH3 is 1. The highest BCUT2D eigenvalue weighted by atomic mass is 19.3. The Morgan fingerprint density at radius 2 is 1.89 bits per heavy atom. The zero-order valence-electron chi connectivity index (χ0n) is 15.6. The molecule has 1 aromatic carbocycles. The smallest absolute Gasteiger partial charge is 0.387 e. The summed E-state index contributed by atoms with van der Waals surface area (Å²) >= 11 is 0. The topological polar surface area (TPSA) is 42.0 Å². The number of hydrogen-bond acceptors (Lipinski definition) is 4. The van der Waals surface area contributed by atoms with E-state index in [-0.39, 0.29) is 17.4 Å². The monoisotopic (exact) mass is 380 g/mol. The average Bonchev–Trinajstić information content (AvgIpc) is 3.21. The van der Waals surface area contributed by atoms with E-state index in [0.29, 0.717) is 24.7 Å². The van der Waals surface area contributed by atoms with Gasteiger partial charge in [0, 0.05) is 43.9 Å². The summed E-state index contributed by atoms with van der Waals surface area (Å²) in [5.41, 5.74) is 0.382. The Morgan fingerprint density at radius 3 is 2.52 bits per heavy atom. The predicted octanol–water partition coefficient (Wildman–Crippen LogP) is 3.40. The highest BCUT2D eigenvalue weighted by Crippen LogP contribution is 2.33. The second-order valence-electron chi connectivity index (χ2n) is 6.89. The molecular formula is C20H26F2N2O3. The zero-order valence-corrected chi connectivity index (χ0v) is 15.6. The van der Waals surface area contributed by atoms with Gasteiger partial charge in [-0.05, 0) is 25.0 Å². The van der Waals surface area contributed by atoms with E-state index in [1.54, 1.807) is 23.1 Å². The van der Waals surface area contributed by atoms with Crippen molar-refractivity contribution >= 4 is 12.0 Å². The van der Waals surface area contributed by atoms with Crippen LogP contribution in [0.25, 0.3) is 6.08 Å². The van der Waals surface area contributed by atoms with E-state index in [1.807, 2.05) is 0 Å². The lowest BCUT2D eigenvalue weighted by Crippen LogP contribution is -2.51. The van der Waals surface area contributed by atoms with Crippen LogP contribution in [0.3, 0.4) is 0 Å². The molecule has 1 aromatic rings. The van der Waals surface area contributed by atoms with Gasteiger partial charge in [-0.25, -0.2) is 0 Å². The fraction of sp³-hybridized carbons (Fsp3) is 0.550. The summed E-state index contributed by atoms with van der Waals surface area (Å²) in [6, 6.07) is 5.49. The first kappa shape index (κ1) is 19.6. The summed E-state index contributed by atoms with van der Waals surface area (Å²) in [4.78, 5) is 16.8. The third-order valence-corrected chi connectivity index (χ3v) is 5.31. The molecule has 0 unspecified atom stereocenters. The van der Waals surface area contributed by atoms with E-state index in [0.717, 1.165) is 13.1 Å². The van der Waals surface area contributed by atoms with Crippen LogP contribution in [0, 0.1) is 0 Å². The van der Waals surface area contributed by atoms with Gasteiger partial charge in [-0.15, -0.1) is 0 Å². The normalized spacial score (nSPS) is 19.2. The number of carbonyl (C=O) groups excluding carboxylic acids is 1. The molecule has 2 fully saturated rings. The van der Waals surface area contributed by atoms with Crippen molar-refractivity contribution in [2.75, 3.05) is 33.3 Å². The standard InChI is InChI=1S/C20H26F2N2O3/c1-26-17-8-4-5-15(19(17)27-20(21)22)9-10-18(25)24-13-11-23(12-14-24)16-6-2-3-7-16/h4-5,8-10,16,20H,2-3,6-7,11-14H2,1H3/b10-9+. The minimum Gasteiger partial charge on any atom is -0.493 e. The van der Waals surface area contributed by atoms with Crippen LogP contribution in [-0.4, -0.2) is 61.6 Å². The summed E-state index contributed by atoms with van der Waals surface area (Å²) in [5, 5.41) is 0. The molecule has 5 nitrogen and oxygen atoms in total. The molecule has 0 aromatic heterocycles. The highest BCUT2D eigenvalue weighted by Gasteiger charge is 2.27. The summed E-state index contributed by atoms with van der Waals surface area (Å²) in [6.07, 6.45) is 8.05. The number of ether oxygens (including phenoxy) is 2. The van der Waals surface area contributed by atoms with E-state index < -0.39 is 6.61 Å². The maximum atomic E-state index is 12.7. The lowest BCUT2D eigenvalue weighted by Gasteiger charge is -2.37. The lowest BCUT2D eigenvalue weighted by molar-refractivity contribution is -0.127. The quantitative estimate of drug-likeness (QED) is 0.710. The maximum Gasteiger partial charge on any atom is 0.387 e. The fourth-order valence-electron chi connectivity index (χ4n) is 3.88. The van der Waals surface area contributed by atoms with Gasteiger partial charge >= 0.3 is 6.61 Å². The number of carbonyl (C=O) groups is 1. The first-order valence-corrected chi connectivity index (χ1v) is 9.41. The van der Waals surface area contributed by atoms with Gasteiger partial charge in [-0.3, -0.25) is 9.69 Å². The number of benzene rings is 1. The SMILES string of the molecule is COc1cccc(/C=C/C(=O)N2CCN(C3CCCC3)CC2)c1OC(F)F.